The summed E-state index contributed by atoms with van der Waals surface area (Å²) in [6.45, 7) is -1.19. The van der Waals surface area contributed by atoms with Gasteiger partial charge in [0.1, 0.15) is 47.1 Å². The summed E-state index contributed by atoms with van der Waals surface area (Å²) < 4.78 is 87.5. The molecule has 2 amide bonds. The van der Waals surface area contributed by atoms with Crippen molar-refractivity contribution in [3.63, 3.8) is 0 Å². The summed E-state index contributed by atoms with van der Waals surface area (Å²) in [5.41, 5.74) is -0.332. The minimum atomic E-state index is -5.39. The van der Waals surface area contributed by atoms with E-state index >= 15 is 0 Å². The van der Waals surface area contributed by atoms with Crippen molar-refractivity contribution < 1.29 is 50.9 Å². The molecular formula is C32H30F5N5O6. The lowest BCUT2D eigenvalue weighted by Crippen LogP contribution is -2.51. The molecule has 2 aromatic carbocycles. The Bertz CT molecular complexity index is 1890. The Labute approximate surface area is 269 Å². The topological polar surface area (TPSA) is 151 Å². The number of alkyl halides is 5. The number of amides is 2. The van der Waals surface area contributed by atoms with Crippen LogP contribution in [0.3, 0.4) is 0 Å². The number of carbonyl (C=O) groups excluding carboxylic acids is 2. The first-order valence-electron chi connectivity index (χ1n) is 14.8. The predicted octanol–water partition coefficient (Wildman–Crippen LogP) is 4.40. The highest BCUT2D eigenvalue weighted by Crippen LogP contribution is 2.48. The predicted molar refractivity (Wildman–Crippen MR) is 160 cm³/mol. The summed E-state index contributed by atoms with van der Waals surface area (Å²) in [6, 6.07) is 9.21. The molecule has 1 saturated carbocycles. The molecule has 6 rings (SSSR count). The van der Waals surface area contributed by atoms with Crippen molar-refractivity contribution in [3.05, 3.63) is 65.5 Å². The average Bonchev–Trinajstić information content (AvgIpc) is 3.72. The van der Waals surface area contributed by atoms with E-state index in [0.717, 1.165) is 18.9 Å². The van der Waals surface area contributed by atoms with Crippen LogP contribution in [0.4, 0.5) is 22.0 Å². The Morgan fingerprint density at radius 1 is 1.19 bits per heavy atom. The minimum absolute atomic E-state index is 0.0364. The second-order valence-corrected chi connectivity index (χ2v) is 11.9. The monoisotopic (exact) mass is 675 g/mol. The van der Waals surface area contributed by atoms with E-state index in [0.29, 0.717) is 10.9 Å². The molecule has 0 bridgehead atoms. The van der Waals surface area contributed by atoms with Crippen LogP contribution in [0.15, 0.2) is 48.7 Å². The second kappa shape index (κ2) is 11.9. The summed E-state index contributed by atoms with van der Waals surface area (Å²) in [7, 11) is 1.37. The van der Waals surface area contributed by atoms with Gasteiger partial charge in [-0.1, -0.05) is 0 Å². The number of rotatable bonds is 11. The van der Waals surface area contributed by atoms with Crippen molar-refractivity contribution in [3.8, 4) is 28.5 Å². The highest BCUT2D eigenvalue weighted by atomic mass is 19.4. The van der Waals surface area contributed by atoms with Crippen LogP contribution in [0.2, 0.25) is 0 Å². The van der Waals surface area contributed by atoms with Crippen LogP contribution in [-0.2, 0) is 15.8 Å². The molecule has 2 aromatic heterocycles. The molecule has 1 aliphatic heterocycles. The number of pyridine rings is 1. The minimum Gasteiger partial charge on any atom is -0.494 e. The number of hydrogen-bond acceptors (Lipinski definition) is 8. The smallest absolute Gasteiger partial charge is 0.424 e. The summed E-state index contributed by atoms with van der Waals surface area (Å²) >= 11 is 0. The van der Waals surface area contributed by atoms with Gasteiger partial charge in [-0.25, -0.2) is 13.8 Å². The Morgan fingerprint density at radius 3 is 2.50 bits per heavy atom. The number of halogens is 5. The van der Waals surface area contributed by atoms with Crippen LogP contribution in [0.5, 0.6) is 17.2 Å². The van der Waals surface area contributed by atoms with Crippen LogP contribution in [0, 0.1) is 0 Å². The van der Waals surface area contributed by atoms with Gasteiger partial charge in [-0.2, -0.15) is 18.3 Å². The van der Waals surface area contributed by atoms with Crippen LogP contribution >= 0.6 is 0 Å². The summed E-state index contributed by atoms with van der Waals surface area (Å²) in [5.74, 6) is -1.60. The molecule has 2 aliphatic rings. The number of nitrogens with two attached hydrogens (primary N) is 1. The van der Waals surface area contributed by atoms with Crippen molar-refractivity contribution in [1.82, 2.24) is 20.1 Å². The number of ether oxygens (including phenoxy) is 3. The maximum absolute atomic E-state index is 14.8. The Hall–Kier alpha value is -4.99. The number of nitrogens with zero attached hydrogens (tertiary/aromatic N) is 3. The van der Waals surface area contributed by atoms with Gasteiger partial charge < -0.3 is 30.4 Å². The third-order valence-corrected chi connectivity index (χ3v) is 8.51. The first-order chi connectivity index (χ1) is 22.6. The first-order valence-corrected chi connectivity index (χ1v) is 14.8. The quantitative estimate of drug-likeness (QED) is 0.198. The Balaban J connectivity index is 1.37. The molecule has 254 valence electrons. The standard InChI is InChI=1S/C32H30F5N5O6/c1-30(29(38)44)15-48-27-21(30)11-23(40-26(27)16-3-7-20(8-4-16)47-13-24(33)34)31(45,32(35,36)37)14-39-28(43)17-9-18-12-42(19-5-6-19)41-25(18)22(10-17)46-2/h3-4,7-12,19,24,45H,5-6,13-15H2,1-2H3,(H2,38,44)(H,39,43)/t30-,31?/m0/s1. The number of hydrogen-bond donors (Lipinski definition) is 3. The van der Waals surface area contributed by atoms with Gasteiger partial charge in [-0.05, 0) is 62.2 Å². The number of carbonyl (C=O) groups is 2. The molecule has 4 aromatic rings. The van der Waals surface area contributed by atoms with Crippen LogP contribution < -0.4 is 25.3 Å². The highest BCUT2D eigenvalue weighted by Gasteiger charge is 2.57. The van der Waals surface area contributed by atoms with Crippen molar-refractivity contribution >= 4 is 22.7 Å². The lowest BCUT2D eigenvalue weighted by Gasteiger charge is -2.31. The molecular weight excluding hydrogens is 645 g/mol. The van der Waals surface area contributed by atoms with E-state index in [-0.39, 0.29) is 52.3 Å². The largest absolute Gasteiger partial charge is 0.494 e. The molecule has 3 heterocycles. The molecule has 1 unspecified atom stereocenters. The number of aliphatic hydroxyl groups is 1. The van der Waals surface area contributed by atoms with Gasteiger partial charge in [-0.15, -0.1) is 0 Å². The van der Waals surface area contributed by atoms with E-state index in [1.807, 2.05) is 0 Å². The van der Waals surface area contributed by atoms with E-state index in [2.05, 4.69) is 15.4 Å². The summed E-state index contributed by atoms with van der Waals surface area (Å²) in [5, 5.41) is 18.6. The van der Waals surface area contributed by atoms with Gasteiger partial charge in [0.15, 0.2) is 0 Å². The third kappa shape index (κ3) is 5.84. The number of aromatic nitrogens is 3. The van der Waals surface area contributed by atoms with Crippen LogP contribution in [0.1, 0.15) is 47.4 Å². The third-order valence-electron chi connectivity index (χ3n) is 8.51. The van der Waals surface area contributed by atoms with Gasteiger partial charge in [-0.3, -0.25) is 14.3 Å². The van der Waals surface area contributed by atoms with Crippen molar-refractivity contribution in [2.75, 3.05) is 26.9 Å². The Morgan fingerprint density at radius 2 is 1.90 bits per heavy atom. The van der Waals surface area contributed by atoms with Gasteiger partial charge in [0.25, 0.3) is 12.3 Å². The number of methoxy groups -OCH3 is 1. The Kier molecular flexibility index (Phi) is 8.17. The van der Waals surface area contributed by atoms with Gasteiger partial charge >= 0.3 is 6.18 Å². The van der Waals surface area contributed by atoms with Gasteiger partial charge in [0.05, 0.1) is 25.4 Å². The van der Waals surface area contributed by atoms with Crippen LogP contribution in [0.25, 0.3) is 22.2 Å². The zero-order valence-corrected chi connectivity index (χ0v) is 25.6. The fourth-order valence-corrected chi connectivity index (χ4v) is 5.44. The molecule has 2 atom stereocenters. The average molecular weight is 676 g/mol. The molecule has 11 nitrogen and oxygen atoms in total. The molecule has 4 N–H and O–H groups in total. The number of fused-ring (bicyclic) bond motifs is 2. The highest BCUT2D eigenvalue weighted by molar-refractivity contribution is 6.00. The maximum Gasteiger partial charge on any atom is 0.424 e. The van der Waals surface area contributed by atoms with E-state index in [1.165, 1.54) is 50.4 Å². The van der Waals surface area contributed by atoms with E-state index in [4.69, 9.17) is 19.9 Å². The van der Waals surface area contributed by atoms with Gasteiger partial charge in [0, 0.05) is 28.3 Å². The molecule has 1 fully saturated rings. The van der Waals surface area contributed by atoms with Gasteiger partial charge in [0.2, 0.25) is 11.5 Å². The second-order valence-electron chi connectivity index (χ2n) is 11.9. The lowest BCUT2D eigenvalue weighted by molar-refractivity contribution is -0.265. The van der Waals surface area contributed by atoms with Crippen molar-refractivity contribution in [2.45, 2.75) is 49.4 Å². The lowest BCUT2D eigenvalue weighted by atomic mass is 9.81. The van der Waals surface area contributed by atoms with E-state index < -0.39 is 54.3 Å². The molecule has 0 saturated heterocycles. The van der Waals surface area contributed by atoms with E-state index in [9.17, 15) is 36.6 Å². The molecule has 0 radical (unpaired) electrons. The van der Waals surface area contributed by atoms with Crippen molar-refractivity contribution in [2.24, 2.45) is 5.73 Å². The fraction of sp³-hybridized carbons (Fsp3) is 0.375. The van der Waals surface area contributed by atoms with Crippen LogP contribution in [-0.4, -0.2) is 71.2 Å². The van der Waals surface area contributed by atoms with E-state index in [1.54, 1.807) is 10.9 Å². The molecule has 0 spiro atoms. The van der Waals surface area contributed by atoms with Crippen molar-refractivity contribution in [1.29, 1.82) is 0 Å². The number of benzene rings is 2. The maximum atomic E-state index is 14.8. The zero-order chi connectivity index (χ0) is 34.6. The first kappa shape index (κ1) is 32.9. The fourth-order valence-electron chi connectivity index (χ4n) is 5.44. The molecule has 16 heteroatoms. The summed E-state index contributed by atoms with van der Waals surface area (Å²) in [6.07, 6.45) is -4.50. The number of nitrogens with one attached hydrogen (secondary N) is 1. The normalized spacial score (nSPS) is 18.7. The zero-order valence-electron chi connectivity index (χ0n) is 25.6. The number of primary amides is 1. The SMILES string of the molecule is COc1cc(C(=O)NCC(O)(c2cc3c(c(-c4ccc(OCC(F)F)cc4)n2)OC[C@]3(C)C(N)=O)C(F)(F)F)cc2cn(C3CC3)nc12. The molecule has 48 heavy (non-hydrogen) atoms. The molecule has 1 aliphatic carbocycles. The summed E-state index contributed by atoms with van der Waals surface area (Å²) in [4.78, 5) is 29.9.